The predicted octanol–water partition coefficient (Wildman–Crippen LogP) is 2.77. The van der Waals surface area contributed by atoms with Crippen LogP contribution >= 0.6 is 0 Å². The van der Waals surface area contributed by atoms with Crippen molar-refractivity contribution in [1.29, 1.82) is 0 Å². The van der Waals surface area contributed by atoms with Crippen LogP contribution in [0.5, 0.6) is 0 Å². The molecular formula is C27H34N8O3. The minimum Gasteiger partial charge on any atom is -0.403 e. The number of fused-ring (bicyclic) bond motifs is 1. The summed E-state index contributed by atoms with van der Waals surface area (Å²) in [7, 11) is 3.33. The number of urea groups is 1. The van der Waals surface area contributed by atoms with Gasteiger partial charge < -0.3 is 26.0 Å². The number of benzene rings is 1. The summed E-state index contributed by atoms with van der Waals surface area (Å²) in [6.07, 6.45) is 8.50. The van der Waals surface area contributed by atoms with Crippen LogP contribution in [0.2, 0.25) is 0 Å². The van der Waals surface area contributed by atoms with E-state index in [1.807, 2.05) is 36.4 Å². The zero-order valence-corrected chi connectivity index (χ0v) is 21.9. The highest BCUT2D eigenvalue weighted by molar-refractivity contribution is 6.06. The van der Waals surface area contributed by atoms with Crippen LogP contribution in [0.4, 0.5) is 10.5 Å². The fourth-order valence-corrected chi connectivity index (χ4v) is 4.12. The summed E-state index contributed by atoms with van der Waals surface area (Å²) in [6.45, 7) is 6.40. The van der Waals surface area contributed by atoms with E-state index in [1.165, 1.54) is 11.1 Å². The molecule has 38 heavy (non-hydrogen) atoms. The summed E-state index contributed by atoms with van der Waals surface area (Å²) < 4.78 is 5.40. The lowest BCUT2D eigenvalue weighted by molar-refractivity contribution is 0.0343. The first kappa shape index (κ1) is 26.8. The van der Waals surface area contributed by atoms with Crippen molar-refractivity contribution in [3.8, 4) is 11.1 Å². The number of ether oxygens (including phenoxy) is 1. The van der Waals surface area contributed by atoms with Gasteiger partial charge in [-0.1, -0.05) is 19.1 Å². The number of aromatic nitrogens is 3. The molecule has 0 aliphatic carbocycles. The zero-order chi connectivity index (χ0) is 27.1. The van der Waals surface area contributed by atoms with Gasteiger partial charge in [0.15, 0.2) is 5.69 Å². The second kappa shape index (κ2) is 12.3. The van der Waals surface area contributed by atoms with Gasteiger partial charge in [-0.3, -0.25) is 19.8 Å². The average molecular weight is 519 g/mol. The number of nitrogens with two attached hydrogens (primary N) is 1. The van der Waals surface area contributed by atoms with Crippen LogP contribution in [0, 0.1) is 5.92 Å². The molecule has 1 atom stereocenters. The van der Waals surface area contributed by atoms with E-state index >= 15 is 0 Å². The third-order valence-electron chi connectivity index (χ3n) is 6.20. The maximum Gasteiger partial charge on any atom is 0.321 e. The minimum absolute atomic E-state index is 0.249. The Balaban J connectivity index is 1.47. The molecule has 0 saturated carbocycles. The number of aromatic amines is 1. The Hall–Kier alpha value is -4.22. The summed E-state index contributed by atoms with van der Waals surface area (Å²) in [4.78, 5) is 33.2. The smallest absolute Gasteiger partial charge is 0.321 e. The third kappa shape index (κ3) is 6.75. The van der Waals surface area contributed by atoms with E-state index < -0.39 is 0 Å². The zero-order valence-electron chi connectivity index (χ0n) is 21.9. The van der Waals surface area contributed by atoms with Crippen molar-refractivity contribution < 1.29 is 14.3 Å². The Morgan fingerprint density at radius 1 is 1.21 bits per heavy atom. The Morgan fingerprint density at radius 3 is 2.74 bits per heavy atom. The monoisotopic (exact) mass is 518 g/mol. The van der Waals surface area contributed by atoms with Gasteiger partial charge in [-0.15, -0.1) is 0 Å². The number of rotatable bonds is 8. The quantitative estimate of drug-likeness (QED) is 0.336. The first-order chi connectivity index (χ1) is 18.3. The lowest BCUT2D eigenvalue weighted by atomic mass is 10.0. The molecule has 11 nitrogen and oxygen atoms in total. The van der Waals surface area contributed by atoms with Crippen molar-refractivity contribution in [1.82, 2.24) is 30.3 Å². The fourth-order valence-electron chi connectivity index (χ4n) is 4.12. The third-order valence-corrected chi connectivity index (χ3v) is 6.20. The van der Waals surface area contributed by atoms with E-state index in [4.69, 9.17) is 10.5 Å². The molecule has 3 aromatic rings. The lowest BCUT2D eigenvalue weighted by Crippen LogP contribution is -2.38. The van der Waals surface area contributed by atoms with Crippen LogP contribution < -0.4 is 16.4 Å². The molecule has 2 aromatic heterocycles. The van der Waals surface area contributed by atoms with Gasteiger partial charge in [-0.25, -0.2) is 4.79 Å². The minimum atomic E-state index is -0.374. The number of allylic oxidation sites excluding steroid dienone is 1. The molecule has 200 valence electrons. The van der Waals surface area contributed by atoms with E-state index in [-0.39, 0.29) is 23.6 Å². The number of carbonyl (C=O) groups is 2. The van der Waals surface area contributed by atoms with Gasteiger partial charge in [-0.05, 0) is 35.8 Å². The topological polar surface area (TPSA) is 142 Å². The lowest BCUT2D eigenvalue weighted by Gasteiger charge is -2.28. The summed E-state index contributed by atoms with van der Waals surface area (Å²) >= 11 is 0. The van der Waals surface area contributed by atoms with Crippen molar-refractivity contribution in [2.24, 2.45) is 11.7 Å². The average Bonchev–Trinajstić information content (AvgIpc) is 3.35. The van der Waals surface area contributed by atoms with Crippen molar-refractivity contribution in [2.75, 3.05) is 52.3 Å². The van der Waals surface area contributed by atoms with E-state index in [0.717, 1.165) is 49.5 Å². The van der Waals surface area contributed by atoms with Crippen LogP contribution in [0.1, 0.15) is 17.4 Å². The SMILES string of the molecule is CC(/C=C\C(=C/N)NC(=O)c1n[nH]c2ccc(-c3cncc(NC(=O)N(C)C)c3)cc12)CN1CCOCC1. The number of hydrogen-bond donors (Lipinski definition) is 4. The predicted molar refractivity (Wildman–Crippen MR) is 147 cm³/mol. The van der Waals surface area contributed by atoms with Gasteiger partial charge in [0, 0.05) is 57.1 Å². The number of H-pyrrole nitrogens is 1. The Labute approximate surface area is 221 Å². The van der Waals surface area contributed by atoms with E-state index in [2.05, 4.69) is 37.6 Å². The molecule has 1 saturated heterocycles. The number of anilines is 1. The van der Waals surface area contributed by atoms with Crippen LogP contribution in [0.25, 0.3) is 22.0 Å². The molecule has 11 heteroatoms. The van der Waals surface area contributed by atoms with E-state index in [1.54, 1.807) is 26.5 Å². The van der Waals surface area contributed by atoms with Gasteiger partial charge in [0.1, 0.15) is 0 Å². The Kier molecular flexibility index (Phi) is 8.72. The number of carbonyl (C=O) groups excluding carboxylic acids is 2. The molecule has 0 spiro atoms. The molecule has 1 aliphatic heterocycles. The molecule has 3 heterocycles. The normalized spacial score (nSPS) is 15.5. The van der Waals surface area contributed by atoms with Gasteiger partial charge in [0.25, 0.3) is 5.91 Å². The van der Waals surface area contributed by atoms with E-state index in [0.29, 0.717) is 16.8 Å². The number of nitrogens with zero attached hydrogens (tertiary/aromatic N) is 4. The summed E-state index contributed by atoms with van der Waals surface area (Å²) in [5.41, 5.74) is 9.45. The van der Waals surface area contributed by atoms with Gasteiger partial charge in [-0.2, -0.15) is 5.10 Å². The van der Waals surface area contributed by atoms with Crippen molar-refractivity contribution in [3.63, 3.8) is 0 Å². The number of nitrogens with one attached hydrogen (secondary N) is 3. The van der Waals surface area contributed by atoms with Crippen molar-refractivity contribution in [2.45, 2.75) is 6.92 Å². The van der Waals surface area contributed by atoms with Gasteiger partial charge >= 0.3 is 6.03 Å². The molecule has 3 amide bonds. The van der Waals surface area contributed by atoms with E-state index in [9.17, 15) is 9.59 Å². The molecular weight excluding hydrogens is 484 g/mol. The maximum absolute atomic E-state index is 13.1. The first-order valence-corrected chi connectivity index (χ1v) is 12.5. The Bertz CT molecular complexity index is 1340. The molecule has 1 aliphatic rings. The molecule has 0 bridgehead atoms. The van der Waals surface area contributed by atoms with Crippen LogP contribution in [-0.2, 0) is 4.74 Å². The van der Waals surface area contributed by atoms with Gasteiger partial charge in [0.05, 0.1) is 36.3 Å². The molecule has 1 unspecified atom stereocenters. The second-order valence-corrected chi connectivity index (χ2v) is 9.44. The molecule has 1 aromatic carbocycles. The summed E-state index contributed by atoms with van der Waals surface area (Å²) in [5.74, 6) is -0.0960. The molecule has 1 fully saturated rings. The van der Waals surface area contributed by atoms with Crippen LogP contribution in [0.15, 0.2) is 60.7 Å². The Morgan fingerprint density at radius 2 is 2.00 bits per heavy atom. The molecule has 0 radical (unpaired) electrons. The van der Waals surface area contributed by atoms with Gasteiger partial charge in [0.2, 0.25) is 0 Å². The molecule has 5 N–H and O–H groups in total. The number of hydrogen-bond acceptors (Lipinski definition) is 7. The highest BCUT2D eigenvalue weighted by atomic mass is 16.5. The number of morpholine rings is 1. The molecule has 4 rings (SSSR count). The number of amides is 3. The maximum atomic E-state index is 13.1. The van der Waals surface area contributed by atoms with Crippen molar-refractivity contribution >= 4 is 28.5 Å². The highest BCUT2D eigenvalue weighted by Gasteiger charge is 2.17. The number of pyridine rings is 1. The second-order valence-electron chi connectivity index (χ2n) is 9.44. The summed E-state index contributed by atoms with van der Waals surface area (Å²) in [6, 6.07) is 7.20. The standard InChI is InChI=1S/C27H34N8O3/c1-18(17-35-8-10-38-11-9-35)4-6-21(14-28)30-26(36)25-23-13-19(5-7-24(23)32-33-25)20-12-22(16-29-15-20)31-27(37)34(2)3/h4-7,12-16,18H,8-11,17,28H2,1-3H3,(H,30,36)(H,31,37)(H,32,33)/b6-4-,21-14+. The first-order valence-electron chi connectivity index (χ1n) is 12.5. The summed E-state index contributed by atoms with van der Waals surface area (Å²) in [5, 5.41) is 13.5. The van der Waals surface area contributed by atoms with Crippen molar-refractivity contribution in [3.05, 3.63) is 66.4 Å². The highest BCUT2D eigenvalue weighted by Crippen LogP contribution is 2.27. The van der Waals surface area contributed by atoms with Crippen LogP contribution in [0.3, 0.4) is 0 Å². The fraction of sp³-hybridized carbons (Fsp3) is 0.333. The van der Waals surface area contributed by atoms with Crippen LogP contribution in [-0.4, -0.2) is 83.9 Å². The largest absolute Gasteiger partial charge is 0.403 e.